The summed E-state index contributed by atoms with van der Waals surface area (Å²) in [5, 5.41) is 9.50. The number of carbonyl (C=O) groups is 1. The van der Waals surface area contributed by atoms with E-state index >= 15 is 0 Å². The topological polar surface area (TPSA) is 88.1 Å². The fraction of sp³-hybridized carbons (Fsp3) is 0.500. The Hall–Kier alpha value is -2.11. The lowest BCUT2D eigenvalue weighted by atomic mass is 9.82. The van der Waals surface area contributed by atoms with Crippen LogP contribution < -0.4 is 4.74 Å². The number of carboxylic acids is 1. The molecule has 0 radical (unpaired) electrons. The molecule has 0 aromatic carbocycles. The van der Waals surface area contributed by atoms with Crippen LogP contribution in [0.4, 0.5) is 0 Å². The predicted molar refractivity (Wildman–Crippen MR) is 72.7 cm³/mol. The molecule has 0 atom stereocenters. The van der Waals surface area contributed by atoms with Gasteiger partial charge in [-0.3, -0.25) is 4.79 Å². The van der Waals surface area contributed by atoms with Crippen molar-refractivity contribution in [2.45, 2.75) is 32.1 Å². The van der Waals surface area contributed by atoms with Gasteiger partial charge >= 0.3 is 5.97 Å². The van der Waals surface area contributed by atoms with Crippen molar-refractivity contribution >= 4 is 17.1 Å². The molecule has 106 valence electrons. The van der Waals surface area contributed by atoms with E-state index in [0.29, 0.717) is 23.8 Å². The largest absolute Gasteiger partial charge is 0.481 e. The second kappa shape index (κ2) is 4.77. The van der Waals surface area contributed by atoms with Crippen molar-refractivity contribution in [2.75, 3.05) is 7.11 Å². The molecule has 2 N–H and O–H groups in total. The quantitative estimate of drug-likeness (QED) is 0.892. The normalized spacial score (nSPS) is 17.4. The number of nitrogens with one attached hydrogen (secondary N) is 1. The van der Waals surface area contributed by atoms with Crippen molar-refractivity contribution in [1.29, 1.82) is 0 Å². The average Bonchev–Trinajstić information content (AvgIpc) is 3.05. The van der Waals surface area contributed by atoms with Crippen molar-refractivity contribution in [3.8, 4) is 5.88 Å². The van der Waals surface area contributed by atoms with Gasteiger partial charge in [0.1, 0.15) is 5.82 Å². The maximum absolute atomic E-state index is 11.6. The van der Waals surface area contributed by atoms with E-state index in [1.165, 1.54) is 0 Å². The summed E-state index contributed by atoms with van der Waals surface area (Å²) in [6.45, 7) is 0. The van der Waals surface area contributed by atoms with Crippen LogP contribution in [0, 0.1) is 5.41 Å². The van der Waals surface area contributed by atoms with E-state index in [1.54, 1.807) is 13.2 Å². The first-order valence-corrected chi connectivity index (χ1v) is 6.76. The Bertz CT molecular complexity index is 644. The zero-order valence-electron chi connectivity index (χ0n) is 11.3. The maximum Gasteiger partial charge on any atom is 0.310 e. The molecule has 1 fully saturated rings. The van der Waals surface area contributed by atoms with Gasteiger partial charge in [-0.1, -0.05) is 12.8 Å². The Morgan fingerprint density at radius 1 is 1.40 bits per heavy atom. The van der Waals surface area contributed by atoms with Crippen LogP contribution in [0.5, 0.6) is 5.88 Å². The average molecular weight is 275 g/mol. The molecule has 1 saturated carbocycles. The number of imidazole rings is 1. The number of carboxylic acid groups (broad SMARTS) is 1. The number of rotatable bonds is 4. The molecule has 3 rings (SSSR count). The number of nitrogens with zero attached hydrogens (tertiary/aromatic N) is 2. The van der Waals surface area contributed by atoms with Crippen molar-refractivity contribution in [3.63, 3.8) is 0 Å². The highest BCUT2D eigenvalue weighted by Crippen LogP contribution is 2.41. The van der Waals surface area contributed by atoms with Gasteiger partial charge in [-0.25, -0.2) is 4.98 Å². The van der Waals surface area contributed by atoms with Gasteiger partial charge in [0, 0.05) is 12.5 Å². The Balaban J connectivity index is 1.92. The summed E-state index contributed by atoms with van der Waals surface area (Å²) in [5.41, 5.74) is 0.704. The number of aliphatic carboxylic acids is 1. The van der Waals surface area contributed by atoms with Crippen LogP contribution in [0.3, 0.4) is 0 Å². The van der Waals surface area contributed by atoms with E-state index in [0.717, 1.165) is 31.2 Å². The zero-order valence-corrected chi connectivity index (χ0v) is 11.3. The first kappa shape index (κ1) is 12.9. The third-order valence-corrected chi connectivity index (χ3v) is 4.10. The number of ether oxygens (including phenoxy) is 1. The standard InChI is InChI=1S/C14H17N3O3/c1-20-11-5-4-9-12(17-11)16-10(15-9)8-14(13(18)19)6-2-3-7-14/h4-5H,2-3,6-8H2,1H3,(H,18,19)(H,15,16,17). The lowest BCUT2D eigenvalue weighted by Crippen LogP contribution is -2.30. The molecule has 0 unspecified atom stereocenters. The van der Waals surface area contributed by atoms with E-state index in [4.69, 9.17) is 4.74 Å². The maximum atomic E-state index is 11.6. The molecule has 0 spiro atoms. The number of fused-ring (bicyclic) bond motifs is 1. The van der Waals surface area contributed by atoms with Crippen molar-refractivity contribution in [1.82, 2.24) is 15.0 Å². The Kier molecular flexibility index (Phi) is 3.08. The summed E-state index contributed by atoms with van der Waals surface area (Å²) in [7, 11) is 1.56. The number of H-pyrrole nitrogens is 1. The summed E-state index contributed by atoms with van der Waals surface area (Å²) in [6, 6.07) is 3.60. The van der Waals surface area contributed by atoms with Crippen LogP contribution >= 0.6 is 0 Å². The first-order valence-electron chi connectivity index (χ1n) is 6.76. The second-order valence-electron chi connectivity index (χ2n) is 5.38. The van der Waals surface area contributed by atoms with E-state index < -0.39 is 11.4 Å². The van der Waals surface area contributed by atoms with Gasteiger partial charge in [0.05, 0.1) is 18.0 Å². The summed E-state index contributed by atoms with van der Waals surface area (Å²) in [5.74, 6) is 0.468. The van der Waals surface area contributed by atoms with Crippen LogP contribution in [0.25, 0.3) is 11.2 Å². The molecule has 6 nitrogen and oxygen atoms in total. The predicted octanol–water partition coefficient (Wildman–Crippen LogP) is 2.15. The lowest BCUT2D eigenvalue weighted by molar-refractivity contribution is -0.148. The molecule has 20 heavy (non-hydrogen) atoms. The fourth-order valence-corrected chi connectivity index (χ4v) is 2.96. The molecule has 1 aliphatic carbocycles. The molecule has 6 heteroatoms. The molecule has 0 saturated heterocycles. The van der Waals surface area contributed by atoms with Gasteiger partial charge in [0.2, 0.25) is 5.88 Å². The van der Waals surface area contributed by atoms with Crippen LogP contribution in [0.2, 0.25) is 0 Å². The summed E-state index contributed by atoms with van der Waals surface area (Å²) >= 11 is 0. The highest BCUT2D eigenvalue weighted by molar-refractivity contribution is 5.76. The SMILES string of the molecule is COc1ccc2[nH]c(CC3(C(=O)O)CCCC3)nc2n1. The third kappa shape index (κ3) is 2.11. The van der Waals surface area contributed by atoms with Crippen molar-refractivity contribution in [3.05, 3.63) is 18.0 Å². The molecule has 0 bridgehead atoms. The van der Waals surface area contributed by atoms with Gasteiger partial charge in [-0.05, 0) is 18.9 Å². The lowest BCUT2D eigenvalue weighted by Gasteiger charge is -2.22. The zero-order chi connectivity index (χ0) is 14.2. The van der Waals surface area contributed by atoms with Gasteiger partial charge in [0.15, 0.2) is 5.65 Å². The highest BCUT2D eigenvalue weighted by Gasteiger charge is 2.42. The minimum Gasteiger partial charge on any atom is -0.481 e. The summed E-state index contributed by atoms with van der Waals surface area (Å²) in [4.78, 5) is 23.4. The number of hydrogen-bond acceptors (Lipinski definition) is 4. The molecule has 2 aromatic rings. The molecule has 0 amide bonds. The highest BCUT2D eigenvalue weighted by atomic mass is 16.5. The Morgan fingerprint density at radius 3 is 2.80 bits per heavy atom. The number of pyridine rings is 1. The minimum atomic E-state index is -0.721. The third-order valence-electron chi connectivity index (χ3n) is 4.10. The number of hydrogen-bond donors (Lipinski definition) is 2. The van der Waals surface area contributed by atoms with Gasteiger partial charge < -0.3 is 14.8 Å². The molecular weight excluding hydrogens is 258 g/mol. The van der Waals surface area contributed by atoms with Crippen molar-refractivity contribution < 1.29 is 14.6 Å². The molecule has 0 aliphatic heterocycles. The minimum absolute atomic E-state index is 0.432. The molecule has 2 aromatic heterocycles. The summed E-state index contributed by atoms with van der Waals surface area (Å²) in [6.07, 6.45) is 3.81. The Labute approximate surface area is 116 Å². The number of aromatic amines is 1. The van der Waals surface area contributed by atoms with Gasteiger partial charge in [0.25, 0.3) is 0 Å². The first-order chi connectivity index (χ1) is 9.63. The van der Waals surface area contributed by atoms with Crippen LogP contribution in [-0.2, 0) is 11.2 Å². The van der Waals surface area contributed by atoms with Gasteiger partial charge in [-0.2, -0.15) is 4.98 Å². The van der Waals surface area contributed by atoms with E-state index in [-0.39, 0.29) is 0 Å². The molecule has 1 aliphatic rings. The summed E-state index contributed by atoms with van der Waals surface area (Å²) < 4.78 is 5.06. The van der Waals surface area contributed by atoms with Gasteiger partial charge in [-0.15, -0.1) is 0 Å². The van der Waals surface area contributed by atoms with E-state index in [1.807, 2.05) is 6.07 Å². The van der Waals surface area contributed by atoms with Crippen LogP contribution in [0.1, 0.15) is 31.5 Å². The molecular formula is C14H17N3O3. The second-order valence-corrected chi connectivity index (χ2v) is 5.38. The Morgan fingerprint density at radius 2 is 2.15 bits per heavy atom. The monoisotopic (exact) mass is 275 g/mol. The van der Waals surface area contributed by atoms with E-state index in [2.05, 4.69) is 15.0 Å². The fourth-order valence-electron chi connectivity index (χ4n) is 2.96. The van der Waals surface area contributed by atoms with Crippen molar-refractivity contribution in [2.24, 2.45) is 5.41 Å². The van der Waals surface area contributed by atoms with Crippen LogP contribution in [0.15, 0.2) is 12.1 Å². The molecule has 2 heterocycles. The van der Waals surface area contributed by atoms with E-state index in [9.17, 15) is 9.90 Å². The number of aromatic nitrogens is 3. The number of methoxy groups -OCH3 is 1. The smallest absolute Gasteiger partial charge is 0.310 e. The van der Waals surface area contributed by atoms with Crippen LogP contribution in [-0.4, -0.2) is 33.1 Å².